The molecule has 21 heavy (non-hydrogen) atoms. The molecule has 0 fully saturated rings. The first-order valence-electron chi connectivity index (χ1n) is 6.82. The summed E-state index contributed by atoms with van der Waals surface area (Å²) in [6.07, 6.45) is 2.58. The number of methoxy groups -OCH3 is 1. The van der Waals surface area contributed by atoms with Gasteiger partial charge in [0.25, 0.3) is 0 Å². The number of carbonyl (C=O) groups excluding carboxylic acids is 1. The highest BCUT2D eigenvalue weighted by atomic mass is 16.5. The van der Waals surface area contributed by atoms with Crippen LogP contribution < -0.4 is 10.5 Å². The van der Waals surface area contributed by atoms with E-state index >= 15 is 0 Å². The molecule has 0 radical (unpaired) electrons. The van der Waals surface area contributed by atoms with Crippen molar-refractivity contribution in [3.63, 3.8) is 0 Å². The Morgan fingerprint density at radius 1 is 1.52 bits per heavy atom. The van der Waals surface area contributed by atoms with Crippen LogP contribution in [0.2, 0.25) is 0 Å². The number of nitrogens with two attached hydrogens (primary N) is 1. The molecule has 1 aliphatic heterocycles. The number of anilines is 1. The van der Waals surface area contributed by atoms with Gasteiger partial charge in [-0.3, -0.25) is 4.68 Å². The van der Waals surface area contributed by atoms with Gasteiger partial charge in [0.2, 0.25) is 0 Å². The van der Waals surface area contributed by atoms with Crippen LogP contribution >= 0.6 is 0 Å². The number of fused-ring (bicyclic) bond motifs is 1. The lowest BCUT2D eigenvalue weighted by Crippen LogP contribution is -2.19. The Hall–Kier alpha value is -2.50. The second kappa shape index (κ2) is 5.47. The quantitative estimate of drug-likeness (QED) is 0.871. The number of aromatic nitrogens is 2. The summed E-state index contributed by atoms with van der Waals surface area (Å²) in [5, 5.41) is 4.22. The van der Waals surface area contributed by atoms with Crippen molar-refractivity contribution in [1.29, 1.82) is 0 Å². The lowest BCUT2D eigenvalue weighted by molar-refractivity contribution is 0.0594. The van der Waals surface area contributed by atoms with Crippen LogP contribution in [0.1, 0.15) is 28.4 Å². The Morgan fingerprint density at radius 2 is 2.33 bits per heavy atom. The van der Waals surface area contributed by atoms with Gasteiger partial charge in [-0.25, -0.2) is 4.79 Å². The number of nitrogens with zero attached hydrogens (tertiary/aromatic N) is 2. The van der Waals surface area contributed by atoms with Crippen molar-refractivity contribution in [1.82, 2.24) is 9.78 Å². The molecule has 0 spiro atoms. The Morgan fingerprint density at radius 3 is 3.14 bits per heavy atom. The zero-order valence-corrected chi connectivity index (χ0v) is 11.8. The van der Waals surface area contributed by atoms with Crippen LogP contribution in [0, 0.1) is 0 Å². The van der Waals surface area contributed by atoms with E-state index in [-0.39, 0.29) is 5.69 Å². The van der Waals surface area contributed by atoms with Crippen LogP contribution in [-0.2, 0) is 11.3 Å². The smallest absolute Gasteiger partial charge is 0.360 e. The molecule has 0 aliphatic carbocycles. The van der Waals surface area contributed by atoms with Crippen molar-refractivity contribution < 1.29 is 14.3 Å². The summed E-state index contributed by atoms with van der Waals surface area (Å²) < 4.78 is 12.0. The number of hydrogen-bond acceptors (Lipinski definition) is 5. The van der Waals surface area contributed by atoms with Gasteiger partial charge in [-0.05, 0) is 18.1 Å². The van der Waals surface area contributed by atoms with Crippen molar-refractivity contribution in [3.05, 3.63) is 41.7 Å². The van der Waals surface area contributed by atoms with Crippen LogP contribution in [0.3, 0.4) is 0 Å². The van der Waals surface area contributed by atoms with Gasteiger partial charge in [-0.1, -0.05) is 18.2 Å². The molecule has 3 rings (SSSR count). The summed E-state index contributed by atoms with van der Waals surface area (Å²) >= 11 is 0. The maximum absolute atomic E-state index is 11.5. The first kappa shape index (κ1) is 13.5. The normalized spacial score (nSPS) is 16.9. The number of esters is 1. The van der Waals surface area contributed by atoms with Gasteiger partial charge in [-0.2, -0.15) is 5.10 Å². The van der Waals surface area contributed by atoms with E-state index in [4.69, 9.17) is 10.5 Å². The SMILES string of the molecule is COC(=O)c1nn(CC2CCOc3ccccc32)cc1N. The number of nitrogen functional groups attached to an aromatic ring is 1. The second-order valence-corrected chi connectivity index (χ2v) is 5.02. The fourth-order valence-corrected chi connectivity index (χ4v) is 2.62. The summed E-state index contributed by atoms with van der Waals surface area (Å²) in [5.41, 5.74) is 7.47. The summed E-state index contributed by atoms with van der Waals surface area (Å²) in [5.74, 6) is 0.695. The van der Waals surface area contributed by atoms with E-state index < -0.39 is 5.97 Å². The summed E-state index contributed by atoms with van der Waals surface area (Å²) in [4.78, 5) is 11.5. The van der Waals surface area contributed by atoms with Crippen molar-refractivity contribution in [2.75, 3.05) is 19.5 Å². The van der Waals surface area contributed by atoms with Gasteiger partial charge in [0.05, 0.1) is 19.4 Å². The molecular formula is C15H17N3O3. The summed E-state index contributed by atoms with van der Waals surface area (Å²) in [6, 6.07) is 7.99. The maximum Gasteiger partial charge on any atom is 0.360 e. The van der Waals surface area contributed by atoms with Crippen LogP contribution in [-0.4, -0.2) is 29.5 Å². The average molecular weight is 287 g/mol. The lowest BCUT2D eigenvalue weighted by atomic mass is 9.93. The second-order valence-electron chi connectivity index (χ2n) is 5.02. The van der Waals surface area contributed by atoms with Crippen molar-refractivity contribution >= 4 is 11.7 Å². The molecule has 2 heterocycles. The highest BCUT2D eigenvalue weighted by Crippen LogP contribution is 2.34. The highest BCUT2D eigenvalue weighted by molar-refractivity contribution is 5.92. The minimum Gasteiger partial charge on any atom is -0.493 e. The van der Waals surface area contributed by atoms with E-state index in [0.29, 0.717) is 24.8 Å². The van der Waals surface area contributed by atoms with Crippen molar-refractivity contribution in [2.45, 2.75) is 18.9 Å². The van der Waals surface area contributed by atoms with Crippen LogP contribution in [0.4, 0.5) is 5.69 Å². The Labute approximate surface area is 122 Å². The molecule has 1 aromatic carbocycles. The van der Waals surface area contributed by atoms with Crippen LogP contribution in [0.5, 0.6) is 5.75 Å². The maximum atomic E-state index is 11.5. The third kappa shape index (κ3) is 2.56. The molecule has 1 unspecified atom stereocenters. The van der Waals surface area contributed by atoms with Gasteiger partial charge >= 0.3 is 5.97 Å². The number of hydrogen-bond donors (Lipinski definition) is 1. The van der Waals surface area contributed by atoms with Gasteiger partial charge in [0.1, 0.15) is 5.75 Å². The van der Waals surface area contributed by atoms with Gasteiger partial charge in [-0.15, -0.1) is 0 Å². The number of ether oxygens (including phenoxy) is 2. The molecule has 2 aromatic rings. The molecule has 0 bridgehead atoms. The van der Waals surface area contributed by atoms with Gasteiger partial charge in [0.15, 0.2) is 5.69 Å². The molecular weight excluding hydrogens is 270 g/mol. The molecule has 1 aromatic heterocycles. The van der Waals surface area contributed by atoms with Crippen molar-refractivity contribution in [2.24, 2.45) is 0 Å². The minimum atomic E-state index is -0.515. The Kier molecular flexibility index (Phi) is 3.51. The highest BCUT2D eigenvalue weighted by Gasteiger charge is 2.23. The standard InChI is InChI=1S/C15H17N3O3/c1-20-15(19)14-12(16)9-18(17-14)8-10-6-7-21-13-5-3-2-4-11(10)13/h2-5,9-10H,6-8,16H2,1H3. The third-order valence-electron chi connectivity index (χ3n) is 3.66. The molecule has 2 N–H and O–H groups in total. The van der Waals surface area contributed by atoms with E-state index in [0.717, 1.165) is 17.7 Å². The Balaban J connectivity index is 1.84. The molecule has 0 saturated heterocycles. The Bertz CT molecular complexity index is 666. The first-order chi connectivity index (χ1) is 10.2. The third-order valence-corrected chi connectivity index (χ3v) is 3.66. The number of rotatable bonds is 3. The molecule has 110 valence electrons. The zero-order valence-electron chi connectivity index (χ0n) is 11.8. The molecule has 1 atom stereocenters. The molecule has 6 heteroatoms. The number of benzene rings is 1. The van der Waals surface area contributed by atoms with E-state index in [1.54, 1.807) is 10.9 Å². The summed E-state index contributed by atoms with van der Waals surface area (Å²) in [7, 11) is 1.31. The van der Waals surface area contributed by atoms with E-state index in [2.05, 4.69) is 15.9 Å². The zero-order chi connectivity index (χ0) is 14.8. The molecule has 0 amide bonds. The largest absolute Gasteiger partial charge is 0.493 e. The molecule has 1 aliphatic rings. The molecule has 0 saturated carbocycles. The van der Waals surface area contributed by atoms with Gasteiger partial charge in [0, 0.05) is 18.7 Å². The fourth-order valence-electron chi connectivity index (χ4n) is 2.62. The van der Waals surface area contributed by atoms with Crippen molar-refractivity contribution in [3.8, 4) is 5.75 Å². The van der Waals surface area contributed by atoms with E-state index in [1.807, 2.05) is 18.2 Å². The monoisotopic (exact) mass is 287 g/mol. The minimum absolute atomic E-state index is 0.165. The predicted molar refractivity (Wildman–Crippen MR) is 77.3 cm³/mol. The fraction of sp³-hybridized carbons (Fsp3) is 0.333. The predicted octanol–water partition coefficient (Wildman–Crippen LogP) is 1.82. The molecule has 6 nitrogen and oxygen atoms in total. The van der Waals surface area contributed by atoms with Crippen LogP contribution in [0.15, 0.2) is 30.5 Å². The average Bonchev–Trinajstić information content (AvgIpc) is 2.87. The topological polar surface area (TPSA) is 79.4 Å². The first-order valence-corrected chi connectivity index (χ1v) is 6.82. The number of para-hydroxylation sites is 1. The van der Waals surface area contributed by atoms with E-state index in [1.165, 1.54) is 7.11 Å². The summed E-state index contributed by atoms with van der Waals surface area (Å²) in [6.45, 7) is 1.34. The van der Waals surface area contributed by atoms with E-state index in [9.17, 15) is 4.79 Å². The lowest BCUT2D eigenvalue weighted by Gasteiger charge is -2.25. The van der Waals surface area contributed by atoms with Gasteiger partial charge < -0.3 is 15.2 Å². The van der Waals surface area contributed by atoms with Crippen LogP contribution in [0.25, 0.3) is 0 Å². The number of carbonyl (C=O) groups is 1.